The summed E-state index contributed by atoms with van der Waals surface area (Å²) in [4.78, 5) is 36.5. The molecule has 1 saturated heterocycles. The van der Waals surface area contributed by atoms with Crippen LogP contribution in [0.1, 0.15) is 53.4 Å². The van der Waals surface area contributed by atoms with E-state index in [1.807, 2.05) is 20.8 Å². The van der Waals surface area contributed by atoms with E-state index in [0.717, 1.165) is 17.9 Å². The van der Waals surface area contributed by atoms with Crippen LogP contribution in [0.4, 0.5) is 4.79 Å². The molecule has 0 atom stereocenters. The molecule has 0 aromatic heterocycles. The molecule has 2 fully saturated rings. The predicted molar refractivity (Wildman–Crippen MR) is 81.6 cm³/mol. The summed E-state index contributed by atoms with van der Waals surface area (Å²) in [6.07, 6.45) is 3.06. The van der Waals surface area contributed by atoms with Gasteiger partial charge in [-0.1, -0.05) is 6.92 Å². The van der Waals surface area contributed by atoms with E-state index in [4.69, 9.17) is 0 Å². The van der Waals surface area contributed by atoms with Gasteiger partial charge in [0.1, 0.15) is 5.54 Å². The van der Waals surface area contributed by atoms with Crippen LogP contribution in [0.5, 0.6) is 0 Å². The summed E-state index contributed by atoms with van der Waals surface area (Å²) in [7, 11) is 0. The molecule has 2 rings (SSSR count). The number of nitrogens with one attached hydrogen (secondary N) is 3. The Morgan fingerprint density at radius 3 is 2.45 bits per heavy atom. The summed E-state index contributed by atoms with van der Waals surface area (Å²) in [6, 6.07) is -0.538. The highest BCUT2D eigenvalue weighted by Gasteiger charge is 2.52. The maximum atomic E-state index is 12.5. The van der Waals surface area contributed by atoms with Gasteiger partial charge in [0.15, 0.2) is 0 Å². The molecule has 2 aliphatic rings. The first kappa shape index (κ1) is 16.7. The first-order valence-electron chi connectivity index (χ1n) is 7.84. The molecular weight excluding hydrogens is 284 g/mol. The monoisotopic (exact) mass is 310 g/mol. The number of hydrogen-bond acceptors (Lipinski definition) is 4. The van der Waals surface area contributed by atoms with Gasteiger partial charge in [-0.2, -0.15) is 5.01 Å². The summed E-state index contributed by atoms with van der Waals surface area (Å²) in [6.45, 7) is 8.00. The SMILES string of the molecule is CC1CCC2(CC1)NC(=O)N(NC(=O)CNC(C)(C)C)C2=O. The highest BCUT2D eigenvalue weighted by atomic mass is 16.2. The molecule has 1 aliphatic carbocycles. The van der Waals surface area contributed by atoms with Crippen molar-refractivity contribution in [3.63, 3.8) is 0 Å². The first-order valence-corrected chi connectivity index (χ1v) is 7.84. The van der Waals surface area contributed by atoms with E-state index in [1.54, 1.807) is 0 Å². The fourth-order valence-corrected chi connectivity index (χ4v) is 2.83. The molecule has 1 spiro atoms. The third-order valence-electron chi connectivity index (χ3n) is 4.31. The van der Waals surface area contributed by atoms with Crippen molar-refractivity contribution in [3.05, 3.63) is 0 Å². The van der Waals surface area contributed by atoms with Gasteiger partial charge >= 0.3 is 6.03 Å². The van der Waals surface area contributed by atoms with Gasteiger partial charge in [-0.05, 0) is 52.4 Å². The normalized spacial score (nSPS) is 28.9. The summed E-state index contributed by atoms with van der Waals surface area (Å²) >= 11 is 0. The van der Waals surface area contributed by atoms with Crippen molar-refractivity contribution in [2.45, 2.75) is 64.5 Å². The summed E-state index contributed by atoms with van der Waals surface area (Å²) < 4.78 is 0. The minimum atomic E-state index is -0.825. The molecule has 124 valence electrons. The van der Waals surface area contributed by atoms with Crippen LogP contribution in [-0.4, -0.2) is 40.5 Å². The number of hydrazine groups is 1. The largest absolute Gasteiger partial charge is 0.344 e. The van der Waals surface area contributed by atoms with Crippen molar-refractivity contribution in [2.75, 3.05) is 6.54 Å². The third kappa shape index (κ3) is 3.58. The number of imide groups is 1. The van der Waals surface area contributed by atoms with Gasteiger partial charge in [-0.25, -0.2) is 4.79 Å². The van der Waals surface area contributed by atoms with Gasteiger partial charge in [0, 0.05) is 5.54 Å². The van der Waals surface area contributed by atoms with Gasteiger partial charge in [0.25, 0.3) is 11.8 Å². The molecular formula is C15H26N4O3. The number of rotatable bonds is 3. The molecule has 1 aliphatic heterocycles. The zero-order valence-electron chi connectivity index (χ0n) is 13.8. The molecule has 0 radical (unpaired) electrons. The number of hydrogen-bond donors (Lipinski definition) is 3. The van der Waals surface area contributed by atoms with Gasteiger partial charge < -0.3 is 10.6 Å². The second kappa shape index (κ2) is 5.87. The zero-order valence-corrected chi connectivity index (χ0v) is 13.8. The van der Waals surface area contributed by atoms with E-state index in [-0.39, 0.29) is 18.0 Å². The second-order valence-corrected chi connectivity index (χ2v) is 7.47. The summed E-state index contributed by atoms with van der Waals surface area (Å²) in [5.41, 5.74) is 1.37. The standard InChI is InChI=1S/C15H26N4O3/c1-10-5-7-15(8-6-10)12(21)19(13(22)17-15)18-11(20)9-16-14(2,3)4/h10,16H,5-9H2,1-4H3,(H,17,22)(H,18,20). The highest BCUT2D eigenvalue weighted by Crippen LogP contribution is 2.35. The molecule has 0 aromatic carbocycles. The van der Waals surface area contributed by atoms with Gasteiger partial charge in [0.2, 0.25) is 0 Å². The Kier molecular flexibility index (Phi) is 4.47. The number of urea groups is 1. The average molecular weight is 310 g/mol. The molecule has 7 heteroatoms. The van der Waals surface area contributed by atoms with Crippen molar-refractivity contribution in [3.8, 4) is 0 Å². The lowest BCUT2D eigenvalue weighted by Crippen LogP contribution is -2.53. The molecule has 4 amide bonds. The average Bonchev–Trinajstić information content (AvgIpc) is 2.64. The van der Waals surface area contributed by atoms with Crippen LogP contribution in [0.15, 0.2) is 0 Å². The molecule has 1 heterocycles. The highest BCUT2D eigenvalue weighted by molar-refractivity contribution is 6.08. The van der Waals surface area contributed by atoms with E-state index in [2.05, 4.69) is 23.0 Å². The molecule has 22 heavy (non-hydrogen) atoms. The van der Waals surface area contributed by atoms with Crippen molar-refractivity contribution in [1.29, 1.82) is 0 Å². The fraction of sp³-hybridized carbons (Fsp3) is 0.800. The van der Waals surface area contributed by atoms with E-state index in [1.165, 1.54) is 0 Å². The topological polar surface area (TPSA) is 90.5 Å². The maximum absolute atomic E-state index is 12.5. The Balaban J connectivity index is 1.96. The van der Waals surface area contributed by atoms with Crippen molar-refractivity contribution in [2.24, 2.45) is 5.92 Å². The zero-order chi connectivity index (χ0) is 16.5. The van der Waals surface area contributed by atoms with Crippen LogP contribution in [0.2, 0.25) is 0 Å². The lowest BCUT2D eigenvalue weighted by atomic mass is 9.77. The molecule has 0 aromatic rings. The van der Waals surface area contributed by atoms with Gasteiger partial charge in [-0.15, -0.1) is 0 Å². The number of amides is 4. The first-order chi connectivity index (χ1) is 10.1. The lowest BCUT2D eigenvalue weighted by Gasteiger charge is -2.33. The number of nitrogens with zero attached hydrogens (tertiary/aromatic N) is 1. The van der Waals surface area contributed by atoms with Gasteiger partial charge in [0.05, 0.1) is 6.54 Å². The third-order valence-corrected chi connectivity index (χ3v) is 4.31. The molecule has 7 nitrogen and oxygen atoms in total. The van der Waals surface area contributed by atoms with Crippen molar-refractivity contribution >= 4 is 17.8 Å². The minimum Gasteiger partial charge on any atom is -0.322 e. The van der Waals surface area contributed by atoms with Gasteiger partial charge in [-0.3, -0.25) is 15.0 Å². The molecule has 3 N–H and O–H groups in total. The van der Waals surface area contributed by atoms with Crippen LogP contribution >= 0.6 is 0 Å². The van der Waals surface area contributed by atoms with Crippen LogP contribution in [0, 0.1) is 5.92 Å². The predicted octanol–water partition coefficient (Wildman–Crippen LogP) is 0.906. The molecule has 0 bridgehead atoms. The van der Waals surface area contributed by atoms with E-state index < -0.39 is 17.5 Å². The smallest absolute Gasteiger partial charge is 0.322 e. The van der Waals surface area contributed by atoms with Crippen LogP contribution < -0.4 is 16.1 Å². The summed E-state index contributed by atoms with van der Waals surface area (Å²) in [5, 5.41) is 6.63. The number of carbonyl (C=O) groups excluding carboxylic acids is 3. The van der Waals surface area contributed by atoms with E-state index >= 15 is 0 Å². The maximum Gasteiger partial charge on any atom is 0.344 e. The van der Waals surface area contributed by atoms with Crippen molar-refractivity contribution < 1.29 is 14.4 Å². The molecule has 1 saturated carbocycles. The van der Waals surface area contributed by atoms with Crippen LogP contribution in [-0.2, 0) is 9.59 Å². The second-order valence-electron chi connectivity index (χ2n) is 7.47. The number of carbonyl (C=O) groups is 3. The minimum absolute atomic E-state index is 0.0462. The Morgan fingerprint density at radius 1 is 1.32 bits per heavy atom. The lowest BCUT2D eigenvalue weighted by molar-refractivity contribution is -0.139. The van der Waals surface area contributed by atoms with E-state index in [9.17, 15) is 14.4 Å². The van der Waals surface area contributed by atoms with E-state index in [0.29, 0.717) is 18.8 Å². The van der Waals surface area contributed by atoms with Crippen molar-refractivity contribution in [1.82, 2.24) is 21.1 Å². The summed E-state index contributed by atoms with van der Waals surface area (Å²) in [5.74, 6) is -0.178. The van der Waals surface area contributed by atoms with Crippen LogP contribution in [0.3, 0.4) is 0 Å². The fourth-order valence-electron chi connectivity index (χ4n) is 2.83. The van der Waals surface area contributed by atoms with Crippen LogP contribution in [0.25, 0.3) is 0 Å². The molecule has 0 unspecified atom stereocenters. The quantitative estimate of drug-likeness (QED) is 0.676. The Hall–Kier alpha value is -1.63. The Labute approximate surface area is 131 Å². The Morgan fingerprint density at radius 2 is 1.91 bits per heavy atom. The Bertz CT molecular complexity index is 476.